The zero-order valence-corrected chi connectivity index (χ0v) is 26.5. The minimum atomic E-state index is -4.10. The second-order valence-corrected chi connectivity index (χ2v) is 13.2. The molecule has 0 fully saturated rings. The van der Waals surface area contributed by atoms with Crippen LogP contribution in [0.3, 0.4) is 0 Å². The number of aliphatic imine (C=N–C) groups is 1. The highest BCUT2D eigenvalue weighted by atomic mass is 32.2. The van der Waals surface area contributed by atoms with Gasteiger partial charge in [0.1, 0.15) is 22.9 Å². The Morgan fingerprint density at radius 1 is 0.844 bits per heavy atom. The molecule has 0 aliphatic carbocycles. The Morgan fingerprint density at radius 2 is 1.36 bits per heavy atom. The number of hydrogen-bond acceptors (Lipinski definition) is 6. The van der Waals surface area contributed by atoms with Crippen LogP contribution in [-0.2, 0) is 28.7 Å². The van der Waals surface area contributed by atoms with E-state index in [0.29, 0.717) is 17.6 Å². The highest BCUT2D eigenvalue weighted by Gasteiger charge is 2.45. The van der Waals surface area contributed by atoms with Crippen molar-refractivity contribution in [3.05, 3.63) is 119 Å². The van der Waals surface area contributed by atoms with Crippen LogP contribution in [-0.4, -0.2) is 50.6 Å². The van der Waals surface area contributed by atoms with Crippen LogP contribution in [0.2, 0.25) is 0 Å². The quantitative estimate of drug-likeness (QED) is 0.203. The molecule has 45 heavy (non-hydrogen) atoms. The third-order valence-corrected chi connectivity index (χ3v) is 9.86. The van der Waals surface area contributed by atoms with E-state index in [0.717, 1.165) is 21.0 Å². The van der Waals surface area contributed by atoms with Gasteiger partial charge in [0.2, 0.25) is 16.0 Å². The molecule has 0 aromatic heterocycles. The van der Waals surface area contributed by atoms with Crippen LogP contribution in [0.4, 0.5) is 13.2 Å². The van der Waals surface area contributed by atoms with Gasteiger partial charge in [0.05, 0.1) is 25.5 Å². The van der Waals surface area contributed by atoms with E-state index < -0.39 is 44.3 Å². The van der Waals surface area contributed by atoms with E-state index in [-0.39, 0.29) is 30.2 Å². The van der Waals surface area contributed by atoms with Crippen LogP contribution < -0.4 is 9.47 Å². The molecule has 0 saturated carbocycles. The van der Waals surface area contributed by atoms with Crippen LogP contribution in [0.5, 0.6) is 11.5 Å². The minimum Gasteiger partial charge on any atom is -0.497 e. The largest absolute Gasteiger partial charge is 0.497 e. The fraction of sp³-hybridized carbons (Fsp3) is 0.265. The molecule has 4 aromatic rings. The molecule has 4 aromatic carbocycles. The van der Waals surface area contributed by atoms with E-state index in [1.165, 1.54) is 26.1 Å². The second-order valence-electron chi connectivity index (χ2n) is 11.2. The highest BCUT2D eigenvalue weighted by molar-refractivity contribution is 7.89. The molecule has 0 amide bonds. The van der Waals surface area contributed by atoms with Crippen molar-refractivity contribution in [3.8, 4) is 22.6 Å². The third-order valence-electron chi connectivity index (χ3n) is 7.93. The Hall–Kier alpha value is -4.51. The molecule has 1 atom stereocenters. The second kappa shape index (κ2) is 12.5. The normalized spacial score (nSPS) is 17.5. The molecular formula is C34H34F3N3O4S. The van der Waals surface area contributed by atoms with Gasteiger partial charge in [-0.1, -0.05) is 54.1 Å². The Labute approximate surface area is 261 Å². The van der Waals surface area contributed by atoms with E-state index in [2.05, 4.69) is 0 Å². The molecular weight excluding hydrogens is 603 g/mol. The Kier molecular flexibility index (Phi) is 8.84. The van der Waals surface area contributed by atoms with E-state index in [4.69, 9.17) is 14.5 Å². The van der Waals surface area contributed by atoms with Crippen molar-refractivity contribution in [2.45, 2.75) is 32.5 Å². The molecule has 1 aliphatic rings. The average molecular weight is 638 g/mol. The first kappa shape index (κ1) is 31.9. The summed E-state index contributed by atoms with van der Waals surface area (Å²) in [5, 5.41) is 0. The summed E-state index contributed by atoms with van der Waals surface area (Å²) in [7, 11) is 0.394. The van der Waals surface area contributed by atoms with E-state index in [1.807, 2.05) is 31.2 Å². The first-order valence-corrected chi connectivity index (χ1v) is 15.8. The lowest BCUT2D eigenvalue weighted by Gasteiger charge is -2.40. The lowest BCUT2D eigenvalue weighted by molar-refractivity contribution is 0.344. The van der Waals surface area contributed by atoms with E-state index in [9.17, 15) is 8.42 Å². The maximum absolute atomic E-state index is 16.3. The van der Waals surface area contributed by atoms with Gasteiger partial charge in [-0.3, -0.25) is 0 Å². The van der Waals surface area contributed by atoms with Crippen molar-refractivity contribution in [1.29, 1.82) is 0 Å². The van der Waals surface area contributed by atoms with Gasteiger partial charge < -0.3 is 14.4 Å². The van der Waals surface area contributed by atoms with Crippen molar-refractivity contribution in [2.75, 3.05) is 27.0 Å². The number of sulfonamides is 1. The summed E-state index contributed by atoms with van der Waals surface area (Å²) in [4.78, 5) is 6.56. The fourth-order valence-corrected chi connectivity index (χ4v) is 6.91. The summed E-state index contributed by atoms with van der Waals surface area (Å²) in [5.74, 6) is -3.05. The molecule has 0 saturated heterocycles. The van der Waals surface area contributed by atoms with Crippen LogP contribution in [0, 0.1) is 24.4 Å². The molecule has 0 bridgehead atoms. The number of methoxy groups -OCH3 is 2. The number of benzene rings is 4. The molecule has 0 spiro atoms. The van der Waals surface area contributed by atoms with Gasteiger partial charge >= 0.3 is 0 Å². The van der Waals surface area contributed by atoms with E-state index in [1.54, 1.807) is 55.5 Å². The van der Waals surface area contributed by atoms with Crippen LogP contribution in [0.1, 0.15) is 29.2 Å². The molecule has 0 N–H and O–H groups in total. The molecule has 236 valence electrons. The van der Waals surface area contributed by atoms with Crippen LogP contribution in [0.25, 0.3) is 11.1 Å². The highest BCUT2D eigenvalue weighted by Crippen LogP contribution is 2.40. The van der Waals surface area contributed by atoms with Crippen molar-refractivity contribution in [2.24, 2.45) is 4.99 Å². The number of hydrogen-bond donors (Lipinski definition) is 0. The SMILES string of the molecule is COc1ccc(CN(Cc2ccc(OC)cc2)C2=N[C@](C)(c3cc(F)c(F)c(-c4ccc(C)cc4)c3F)CS(=O)(=O)N2C)cc1. The van der Waals surface area contributed by atoms with Crippen molar-refractivity contribution in [3.63, 3.8) is 0 Å². The average Bonchev–Trinajstić information content (AvgIpc) is 3.02. The third kappa shape index (κ3) is 6.49. The number of rotatable bonds is 8. The smallest absolute Gasteiger partial charge is 0.239 e. The first-order valence-electron chi connectivity index (χ1n) is 14.2. The molecule has 1 heterocycles. The molecule has 1 aliphatic heterocycles. The molecule has 0 unspecified atom stereocenters. The zero-order valence-electron chi connectivity index (χ0n) is 25.6. The van der Waals surface area contributed by atoms with Crippen LogP contribution >= 0.6 is 0 Å². The van der Waals surface area contributed by atoms with Crippen LogP contribution in [0.15, 0.2) is 83.9 Å². The predicted octanol–water partition coefficient (Wildman–Crippen LogP) is 6.65. The van der Waals surface area contributed by atoms with Gasteiger partial charge in [0.15, 0.2) is 11.6 Å². The summed E-state index contributed by atoms with van der Waals surface area (Å²) in [6.45, 7) is 3.68. The number of nitrogens with zero attached hydrogens (tertiary/aromatic N) is 3. The van der Waals surface area contributed by atoms with Gasteiger partial charge in [-0.15, -0.1) is 0 Å². The Bertz CT molecular complexity index is 1780. The van der Waals surface area contributed by atoms with E-state index >= 15 is 13.2 Å². The molecule has 5 rings (SSSR count). The van der Waals surface area contributed by atoms with Gasteiger partial charge in [-0.2, -0.15) is 0 Å². The van der Waals surface area contributed by atoms with Gasteiger partial charge in [-0.25, -0.2) is 30.9 Å². The Balaban J connectivity index is 1.66. The number of halogens is 3. The minimum absolute atomic E-state index is 0.0244. The van der Waals surface area contributed by atoms with Crippen molar-refractivity contribution >= 4 is 16.0 Å². The summed E-state index contributed by atoms with van der Waals surface area (Å²) < 4.78 is 85.6. The van der Waals surface area contributed by atoms with Gasteiger partial charge in [0.25, 0.3) is 0 Å². The van der Waals surface area contributed by atoms with Crippen molar-refractivity contribution in [1.82, 2.24) is 9.21 Å². The maximum Gasteiger partial charge on any atom is 0.239 e. The summed E-state index contributed by atoms with van der Waals surface area (Å²) in [6, 6.07) is 21.6. The number of aryl methyl sites for hydroxylation is 1. The standard InChI is InChI=1S/C34H34F3N3O4S/c1-22-6-12-25(13-7-22)30-31(36)28(18-29(35)32(30)37)34(2)21-45(41,42)39(3)33(38-34)40(19-23-8-14-26(43-4)15-9-23)20-24-10-16-27(44-5)17-11-24/h6-18H,19-21H2,1-5H3/t34-/m0/s1. The topological polar surface area (TPSA) is 71.4 Å². The van der Waals surface area contributed by atoms with Gasteiger partial charge in [-0.05, 0) is 60.9 Å². The summed E-state index contributed by atoms with van der Waals surface area (Å²) in [6.07, 6.45) is 0. The zero-order chi connectivity index (χ0) is 32.5. The summed E-state index contributed by atoms with van der Waals surface area (Å²) in [5.41, 5.74) is -0.103. The fourth-order valence-electron chi connectivity index (χ4n) is 5.38. The molecule has 7 nitrogen and oxygen atoms in total. The van der Waals surface area contributed by atoms with Crippen molar-refractivity contribution < 1.29 is 31.1 Å². The lowest BCUT2D eigenvalue weighted by Crippen LogP contribution is -2.53. The lowest BCUT2D eigenvalue weighted by atomic mass is 9.90. The van der Waals surface area contributed by atoms with Gasteiger partial charge in [0, 0.05) is 25.7 Å². The predicted molar refractivity (Wildman–Crippen MR) is 168 cm³/mol. The number of guanidine groups is 1. The molecule has 0 radical (unpaired) electrons. The first-order chi connectivity index (χ1) is 21.3. The maximum atomic E-state index is 16.3. The monoisotopic (exact) mass is 637 g/mol. The number of ether oxygens (including phenoxy) is 2. The summed E-state index contributed by atoms with van der Waals surface area (Å²) >= 11 is 0. The Morgan fingerprint density at radius 3 is 1.84 bits per heavy atom. The molecule has 11 heteroatoms.